The molecule has 2 N–H and O–H groups in total. The van der Waals surface area contributed by atoms with Crippen molar-refractivity contribution in [2.24, 2.45) is 0 Å². The second kappa shape index (κ2) is 9.50. The van der Waals surface area contributed by atoms with E-state index in [9.17, 15) is 9.90 Å². The molecule has 2 heterocycles. The third kappa shape index (κ3) is 4.33. The van der Waals surface area contributed by atoms with Crippen molar-refractivity contribution in [3.8, 4) is 11.5 Å². The second-order valence-corrected chi connectivity index (χ2v) is 10.6. The molecule has 7 heteroatoms. The number of aliphatic hydroxyl groups excluding tert-OH is 1. The van der Waals surface area contributed by atoms with Crippen molar-refractivity contribution in [3.05, 3.63) is 82.9 Å². The summed E-state index contributed by atoms with van der Waals surface area (Å²) in [4.78, 5) is 23.1. The standard InChI is InChI=1S/C32H31N3O4/c1-5-18-10-11-20(26(14-18)38-4)17-33-31(37)19-12-13-24-25(15-19)35-29-23-16-27(36)32(2,3)39-30(23)22-9-7-6-8-21(22)28(29)34-24/h6-15,27,36H,5,16-17H2,1-4H3,(H,33,37). The third-order valence-electron chi connectivity index (χ3n) is 7.68. The zero-order chi connectivity index (χ0) is 27.3. The summed E-state index contributed by atoms with van der Waals surface area (Å²) in [6.07, 6.45) is 0.632. The number of carbonyl (C=O) groups excluding carboxylic acids is 1. The molecule has 5 aromatic rings. The van der Waals surface area contributed by atoms with Crippen molar-refractivity contribution < 1.29 is 19.4 Å². The molecule has 198 valence electrons. The fourth-order valence-corrected chi connectivity index (χ4v) is 5.26. The first kappa shape index (κ1) is 25.1. The summed E-state index contributed by atoms with van der Waals surface area (Å²) in [7, 11) is 1.64. The fourth-order valence-electron chi connectivity index (χ4n) is 5.26. The average Bonchev–Trinajstić information content (AvgIpc) is 2.95. The SMILES string of the molecule is CCc1ccc(CNC(=O)c2ccc3nc4c(nc3c2)c2c(c3ccccc34)OC(C)(C)C(O)C2)c(OC)c1. The summed E-state index contributed by atoms with van der Waals surface area (Å²) in [5, 5.41) is 15.7. The Morgan fingerprint density at radius 3 is 2.59 bits per heavy atom. The van der Waals surface area contributed by atoms with Gasteiger partial charge in [0.1, 0.15) is 17.1 Å². The fraction of sp³-hybridized carbons (Fsp3) is 0.281. The number of aryl methyl sites for hydroxylation is 1. The summed E-state index contributed by atoms with van der Waals surface area (Å²) >= 11 is 0. The van der Waals surface area contributed by atoms with E-state index < -0.39 is 11.7 Å². The Balaban J connectivity index is 1.40. The molecule has 7 nitrogen and oxygen atoms in total. The smallest absolute Gasteiger partial charge is 0.251 e. The molecule has 1 unspecified atom stereocenters. The van der Waals surface area contributed by atoms with Gasteiger partial charge in [0, 0.05) is 40.4 Å². The van der Waals surface area contributed by atoms with Gasteiger partial charge in [-0.25, -0.2) is 9.97 Å². The molecule has 39 heavy (non-hydrogen) atoms. The maximum absolute atomic E-state index is 13.1. The minimum absolute atomic E-state index is 0.207. The molecule has 1 amide bonds. The zero-order valence-corrected chi connectivity index (χ0v) is 22.5. The second-order valence-electron chi connectivity index (χ2n) is 10.6. The van der Waals surface area contributed by atoms with Crippen molar-refractivity contribution in [2.45, 2.75) is 51.9 Å². The van der Waals surface area contributed by atoms with Gasteiger partial charge in [-0.05, 0) is 50.1 Å². The predicted molar refractivity (Wildman–Crippen MR) is 153 cm³/mol. The Labute approximate surface area is 226 Å². The van der Waals surface area contributed by atoms with E-state index >= 15 is 0 Å². The van der Waals surface area contributed by atoms with Crippen LogP contribution in [-0.2, 0) is 19.4 Å². The maximum Gasteiger partial charge on any atom is 0.251 e. The van der Waals surface area contributed by atoms with Gasteiger partial charge in [0.2, 0.25) is 0 Å². The molecular weight excluding hydrogens is 490 g/mol. The number of hydrogen-bond acceptors (Lipinski definition) is 6. The van der Waals surface area contributed by atoms with Crippen molar-refractivity contribution in [2.75, 3.05) is 7.11 Å². The minimum Gasteiger partial charge on any atom is -0.496 e. The first-order valence-electron chi connectivity index (χ1n) is 13.2. The Morgan fingerprint density at radius 2 is 1.82 bits per heavy atom. The van der Waals surface area contributed by atoms with Gasteiger partial charge in [-0.15, -0.1) is 0 Å². The number of amides is 1. The van der Waals surface area contributed by atoms with Crippen LogP contribution in [-0.4, -0.2) is 39.8 Å². The first-order valence-corrected chi connectivity index (χ1v) is 13.2. The molecule has 0 bridgehead atoms. The lowest BCUT2D eigenvalue weighted by atomic mass is 9.88. The Bertz CT molecular complexity index is 1760. The monoisotopic (exact) mass is 521 g/mol. The van der Waals surface area contributed by atoms with E-state index in [1.165, 1.54) is 5.56 Å². The molecule has 0 aliphatic carbocycles. The highest BCUT2D eigenvalue weighted by Crippen LogP contribution is 2.43. The van der Waals surface area contributed by atoms with Crippen LogP contribution in [0.15, 0.2) is 60.7 Å². The van der Waals surface area contributed by atoms with Crippen molar-refractivity contribution in [1.82, 2.24) is 15.3 Å². The molecule has 1 atom stereocenters. The highest BCUT2D eigenvalue weighted by Gasteiger charge is 2.38. The number of methoxy groups -OCH3 is 1. The van der Waals surface area contributed by atoms with Crippen LogP contribution in [0.4, 0.5) is 0 Å². The van der Waals surface area contributed by atoms with Crippen LogP contribution in [0.1, 0.15) is 47.8 Å². The van der Waals surface area contributed by atoms with Gasteiger partial charge < -0.3 is 19.9 Å². The summed E-state index contributed by atoms with van der Waals surface area (Å²) in [6.45, 7) is 6.22. The number of aliphatic hydroxyl groups is 1. The van der Waals surface area contributed by atoms with E-state index in [1.54, 1.807) is 19.2 Å². The van der Waals surface area contributed by atoms with Gasteiger partial charge in [0.05, 0.1) is 35.3 Å². The van der Waals surface area contributed by atoms with Crippen molar-refractivity contribution in [1.29, 1.82) is 0 Å². The lowest BCUT2D eigenvalue weighted by Gasteiger charge is -2.38. The first-order chi connectivity index (χ1) is 18.8. The van der Waals surface area contributed by atoms with Gasteiger partial charge in [0.25, 0.3) is 5.91 Å². The molecule has 1 aliphatic heterocycles. The minimum atomic E-state index is -0.724. The van der Waals surface area contributed by atoms with E-state index in [0.29, 0.717) is 35.1 Å². The van der Waals surface area contributed by atoms with E-state index in [4.69, 9.17) is 19.4 Å². The molecular formula is C32H31N3O4. The molecule has 0 saturated carbocycles. The van der Waals surface area contributed by atoms with E-state index in [-0.39, 0.29) is 5.91 Å². The van der Waals surface area contributed by atoms with Crippen LogP contribution in [0.3, 0.4) is 0 Å². The number of benzene rings is 4. The topological polar surface area (TPSA) is 93.6 Å². The lowest BCUT2D eigenvalue weighted by molar-refractivity contribution is -0.0396. The number of nitrogens with one attached hydrogen (secondary N) is 1. The molecule has 0 spiro atoms. The lowest BCUT2D eigenvalue weighted by Crippen LogP contribution is -2.46. The maximum atomic E-state index is 13.1. The third-order valence-corrected chi connectivity index (χ3v) is 7.68. The summed E-state index contributed by atoms with van der Waals surface area (Å²) in [5.74, 6) is 1.29. The van der Waals surface area contributed by atoms with Gasteiger partial charge in [-0.3, -0.25) is 4.79 Å². The van der Waals surface area contributed by atoms with Crippen LogP contribution in [0, 0.1) is 0 Å². The van der Waals surface area contributed by atoms with Crippen LogP contribution < -0.4 is 14.8 Å². The van der Waals surface area contributed by atoms with Crippen LogP contribution in [0.25, 0.3) is 32.8 Å². The Morgan fingerprint density at radius 1 is 1.05 bits per heavy atom. The molecule has 0 fully saturated rings. The molecule has 1 aliphatic rings. The zero-order valence-electron chi connectivity index (χ0n) is 22.5. The number of ether oxygens (including phenoxy) is 2. The Kier molecular flexibility index (Phi) is 6.11. The molecule has 1 aromatic heterocycles. The largest absolute Gasteiger partial charge is 0.496 e. The molecule has 6 rings (SSSR count). The highest BCUT2D eigenvalue weighted by molar-refractivity contribution is 6.11. The van der Waals surface area contributed by atoms with E-state index in [0.717, 1.165) is 45.3 Å². The van der Waals surface area contributed by atoms with Crippen molar-refractivity contribution in [3.63, 3.8) is 0 Å². The normalized spacial score (nSPS) is 16.2. The number of nitrogens with zero attached hydrogens (tertiary/aromatic N) is 2. The summed E-state index contributed by atoms with van der Waals surface area (Å²) in [5.41, 5.74) is 5.44. The van der Waals surface area contributed by atoms with Gasteiger partial charge in [0.15, 0.2) is 0 Å². The molecule has 0 saturated heterocycles. The van der Waals surface area contributed by atoms with Gasteiger partial charge in [-0.1, -0.05) is 43.3 Å². The van der Waals surface area contributed by atoms with E-state index in [1.807, 2.05) is 62.4 Å². The Hall–Kier alpha value is -4.23. The van der Waals surface area contributed by atoms with Crippen LogP contribution in [0.5, 0.6) is 11.5 Å². The number of hydrogen-bond donors (Lipinski definition) is 2. The van der Waals surface area contributed by atoms with E-state index in [2.05, 4.69) is 12.2 Å². The van der Waals surface area contributed by atoms with Crippen LogP contribution >= 0.6 is 0 Å². The number of carbonyl (C=O) groups is 1. The average molecular weight is 522 g/mol. The van der Waals surface area contributed by atoms with Gasteiger partial charge in [-0.2, -0.15) is 0 Å². The predicted octanol–water partition coefficient (Wildman–Crippen LogP) is 5.51. The number of rotatable bonds is 5. The number of fused-ring (bicyclic) bond motifs is 7. The summed E-state index contributed by atoms with van der Waals surface area (Å²) in [6, 6.07) is 19.4. The summed E-state index contributed by atoms with van der Waals surface area (Å²) < 4.78 is 11.9. The van der Waals surface area contributed by atoms with Crippen LogP contribution in [0.2, 0.25) is 0 Å². The van der Waals surface area contributed by atoms with Crippen molar-refractivity contribution >= 4 is 38.7 Å². The van der Waals surface area contributed by atoms with Gasteiger partial charge >= 0.3 is 0 Å². The highest BCUT2D eigenvalue weighted by atomic mass is 16.5. The molecule has 0 radical (unpaired) electrons. The number of aromatic nitrogens is 2. The quantitative estimate of drug-likeness (QED) is 0.234. The molecule has 4 aromatic carbocycles.